The quantitative estimate of drug-likeness (QED) is 0.146. The lowest BCUT2D eigenvalue weighted by molar-refractivity contribution is 0.922. The standard InChI is InChI=1S/C57H42N2/c1-2-14-39-25-27-41(28-26-39)43-19-13-20-47(35-43)58-53-23-11-9-21-49(53)51-36-44(30-33-55(51)58)45-31-34-56-52(37-45)50-22-10-12-24-54(50)59(56)57-38-46(40-15-5-3-6-16-40)29-32-48(57)42-17-7-4-8-18-42/h3-13,15-38H,2,14H2,1H3. The Morgan fingerprint density at radius 2 is 0.797 bits per heavy atom. The summed E-state index contributed by atoms with van der Waals surface area (Å²) in [5.74, 6) is 0. The molecule has 2 heteroatoms. The number of fused-ring (bicyclic) bond motifs is 6. The second-order valence-electron chi connectivity index (χ2n) is 15.6. The van der Waals surface area contributed by atoms with Crippen molar-refractivity contribution >= 4 is 43.6 Å². The molecule has 11 rings (SSSR count). The molecule has 0 atom stereocenters. The summed E-state index contributed by atoms with van der Waals surface area (Å²) in [6.07, 6.45) is 2.27. The van der Waals surface area contributed by atoms with Crippen molar-refractivity contribution in [1.29, 1.82) is 0 Å². The van der Waals surface area contributed by atoms with Gasteiger partial charge in [-0.15, -0.1) is 0 Å². The molecule has 0 aliphatic rings. The van der Waals surface area contributed by atoms with Gasteiger partial charge in [-0.05, 0) is 106 Å². The van der Waals surface area contributed by atoms with Gasteiger partial charge in [-0.1, -0.05) is 171 Å². The summed E-state index contributed by atoms with van der Waals surface area (Å²) in [5.41, 5.74) is 18.2. The maximum Gasteiger partial charge on any atom is 0.0546 e. The van der Waals surface area contributed by atoms with Gasteiger partial charge in [0.25, 0.3) is 0 Å². The summed E-state index contributed by atoms with van der Waals surface area (Å²) < 4.78 is 4.89. The van der Waals surface area contributed by atoms with E-state index < -0.39 is 0 Å². The van der Waals surface area contributed by atoms with Crippen molar-refractivity contribution in [2.75, 3.05) is 0 Å². The van der Waals surface area contributed by atoms with Crippen molar-refractivity contribution in [3.05, 3.63) is 218 Å². The maximum atomic E-state index is 2.47. The van der Waals surface area contributed by atoms with E-state index in [1.165, 1.54) is 105 Å². The Balaban J connectivity index is 1.06. The zero-order valence-corrected chi connectivity index (χ0v) is 33.0. The predicted molar refractivity (Wildman–Crippen MR) is 251 cm³/mol. The average Bonchev–Trinajstić information content (AvgIpc) is 3.82. The molecule has 0 saturated heterocycles. The van der Waals surface area contributed by atoms with Crippen LogP contribution in [-0.4, -0.2) is 9.13 Å². The van der Waals surface area contributed by atoms with Gasteiger partial charge in [0.05, 0.1) is 27.8 Å². The number of hydrogen-bond donors (Lipinski definition) is 0. The van der Waals surface area contributed by atoms with Crippen LogP contribution in [0.1, 0.15) is 18.9 Å². The number of aromatic nitrogens is 2. The SMILES string of the molecule is CCCc1ccc(-c2cccc(-n3c4ccccc4c4cc(-c5ccc6c(c5)c5ccccc5n6-c5cc(-c6ccccc6)ccc5-c5ccccc5)ccc43)c2)cc1. The first-order valence-corrected chi connectivity index (χ1v) is 20.7. The van der Waals surface area contributed by atoms with E-state index in [0.717, 1.165) is 12.8 Å². The van der Waals surface area contributed by atoms with Crippen LogP contribution in [0.2, 0.25) is 0 Å². The lowest BCUT2D eigenvalue weighted by Crippen LogP contribution is -1.98. The van der Waals surface area contributed by atoms with Crippen molar-refractivity contribution in [2.45, 2.75) is 19.8 Å². The smallest absolute Gasteiger partial charge is 0.0546 e. The Kier molecular flexibility index (Phi) is 8.56. The van der Waals surface area contributed by atoms with Crippen molar-refractivity contribution < 1.29 is 0 Å². The van der Waals surface area contributed by atoms with Crippen molar-refractivity contribution in [3.8, 4) is 55.9 Å². The molecule has 2 aromatic heterocycles. The summed E-state index contributed by atoms with van der Waals surface area (Å²) in [4.78, 5) is 0. The molecule has 0 bridgehead atoms. The van der Waals surface area contributed by atoms with Crippen LogP contribution < -0.4 is 0 Å². The normalized spacial score (nSPS) is 11.6. The first-order chi connectivity index (χ1) is 29.2. The molecule has 9 aromatic carbocycles. The van der Waals surface area contributed by atoms with Crippen LogP contribution >= 0.6 is 0 Å². The second-order valence-corrected chi connectivity index (χ2v) is 15.6. The van der Waals surface area contributed by atoms with Crippen LogP contribution in [0, 0.1) is 0 Å². The Morgan fingerprint density at radius 1 is 0.322 bits per heavy atom. The number of aryl methyl sites for hydroxylation is 1. The van der Waals surface area contributed by atoms with E-state index in [1.807, 2.05) is 0 Å². The first kappa shape index (κ1) is 34.8. The van der Waals surface area contributed by atoms with Gasteiger partial charge in [0.1, 0.15) is 0 Å². The number of hydrogen-bond acceptors (Lipinski definition) is 0. The van der Waals surface area contributed by atoms with Gasteiger partial charge in [0, 0.05) is 32.8 Å². The van der Waals surface area contributed by atoms with Crippen LogP contribution in [0.25, 0.3) is 99.5 Å². The van der Waals surface area contributed by atoms with Crippen LogP contribution in [-0.2, 0) is 6.42 Å². The minimum Gasteiger partial charge on any atom is -0.309 e. The summed E-state index contributed by atoms with van der Waals surface area (Å²) in [7, 11) is 0. The third-order valence-electron chi connectivity index (χ3n) is 12.0. The fraction of sp³-hybridized carbons (Fsp3) is 0.0526. The molecule has 0 aliphatic carbocycles. The summed E-state index contributed by atoms with van der Waals surface area (Å²) >= 11 is 0. The Hall–Kier alpha value is -7.42. The topological polar surface area (TPSA) is 9.86 Å². The molecule has 59 heavy (non-hydrogen) atoms. The molecule has 0 unspecified atom stereocenters. The molecule has 0 fully saturated rings. The van der Waals surface area contributed by atoms with Gasteiger partial charge < -0.3 is 9.13 Å². The highest BCUT2D eigenvalue weighted by molar-refractivity contribution is 6.13. The van der Waals surface area contributed by atoms with E-state index >= 15 is 0 Å². The summed E-state index contributed by atoms with van der Waals surface area (Å²) in [5, 5.41) is 4.98. The van der Waals surface area contributed by atoms with Crippen LogP contribution in [0.4, 0.5) is 0 Å². The van der Waals surface area contributed by atoms with Gasteiger partial charge in [-0.25, -0.2) is 0 Å². The number of rotatable bonds is 8. The highest BCUT2D eigenvalue weighted by Gasteiger charge is 2.19. The fourth-order valence-electron chi connectivity index (χ4n) is 9.21. The highest BCUT2D eigenvalue weighted by Crippen LogP contribution is 2.41. The molecule has 11 aromatic rings. The van der Waals surface area contributed by atoms with E-state index in [1.54, 1.807) is 0 Å². The Morgan fingerprint density at radius 3 is 1.46 bits per heavy atom. The molecule has 0 amide bonds. The third kappa shape index (κ3) is 6.04. The minimum absolute atomic E-state index is 1.11. The molecular weight excluding hydrogens is 713 g/mol. The molecule has 2 nitrogen and oxygen atoms in total. The molecule has 2 heterocycles. The number of benzene rings is 9. The monoisotopic (exact) mass is 754 g/mol. The van der Waals surface area contributed by atoms with Gasteiger partial charge in [0.2, 0.25) is 0 Å². The highest BCUT2D eigenvalue weighted by atomic mass is 15.0. The number of nitrogens with zero attached hydrogens (tertiary/aromatic N) is 2. The second kappa shape index (κ2) is 14.5. The first-order valence-electron chi connectivity index (χ1n) is 20.7. The van der Waals surface area contributed by atoms with Crippen molar-refractivity contribution in [1.82, 2.24) is 9.13 Å². The Bertz CT molecular complexity index is 3310. The Labute approximate surface area is 344 Å². The van der Waals surface area contributed by atoms with Gasteiger partial charge in [-0.3, -0.25) is 0 Å². The lowest BCUT2D eigenvalue weighted by atomic mass is 9.98. The molecule has 0 saturated carbocycles. The largest absolute Gasteiger partial charge is 0.309 e. The molecule has 0 spiro atoms. The van der Waals surface area contributed by atoms with E-state index in [2.05, 4.69) is 228 Å². The van der Waals surface area contributed by atoms with E-state index in [0.29, 0.717) is 0 Å². The molecular formula is C57H42N2. The third-order valence-corrected chi connectivity index (χ3v) is 12.0. The van der Waals surface area contributed by atoms with Gasteiger partial charge in [0.15, 0.2) is 0 Å². The van der Waals surface area contributed by atoms with Gasteiger partial charge in [-0.2, -0.15) is 0 Å². The van der Waals surface area contributed by atoms with Crippen molar-refractivity contribution in [2.24, 2.45) is 0 Å². The predicted octanol–water partition coefficient (Wildman–Crippen LogP) is 15.5. The summed E-state index contributed by atoms with van der Waals surface area (Å²) in [6.45, 7) is 2.24. The molecule has 0 N–H and O–H groups in total. The van der Waals surface area contributed by atoms with Crippen LogP contribution in [0.15, 0.2) is 212 Å². The average molecular weight is 755 g/mol. The van der Waals surface area contributed by atoms with E-state index in [-0.39, 0.29) is 0 Å². The van der Waals surface area contributed by atoms with E-state index in [9.17, 15) is 0 Å². The van der Waals surface area contributed by atoms with Crippen molar-refractivity contribution in [3.63, 3.8) is 0 Å². The molecule has 0 aliphatic heterocycles. The molecule has 280 valence electrons. The van der Waals surface area contributed by atoms with Gasteiger partial charge >= 0.3 is 0 Å². The fourth-order valence-corrected chi connectivity index (χ4v) is 9.21. The van der Waals surface area contributed by atoms with E-state index in [4.69, 9.17) is 0 Å². The zero-order valence-electron chi connectivity index (χ0n) is 33.0. The van der Waals surface area contributed by atoms with Crippen LogP contribution in [0.3, 0.4) is 0 Å². The number of para-hydroxylation sites is 2. The van der Waals surface area contributed by atoms with Crippen LogP contribution in [0.5, 0.6) is 0 Å². The zero-order chi connectivity index (χ0) is 39.3. The minimum atomic E-state index is 1.11. The lowest BCUT2D eigenvalue weighted by Gasteiger charge is -2.16. The maximum absolute atomic E-state index is 2.47. The summed E-state index contributed by atoms with van der Waals surface area (Å²) in [6, 6.07) is 78.1. The molecule has 0 radical (unpaired) electrons.